The molecule has 6 heteroatoms. The molecule has 0 aliphatic heterocycles. The van der Waals surface area contributed by atoms with Crippen molar-refractivity contribution in [3.05, 3.63) is 16.1 Å². The minimum atomic E-state index is 0. The van der Waals surface area contributed by atoms with E-state index in [0.717, 1.165) is 38.0 Å². The van der Waals surface area contributed by atoms with Gasteiger partial charge in [-0.3, -0.25) is 4.99 Å². The van der Waals surface area contributed by atoms with Gasteiger partial charge in [0.1, 0.15) is 0 Å². The number of thiazole rings is 1. The van der Waals surface area contributed by atoms with Gasteiger partial charge in [-0.1, -0.05) is 13.8 Å². The lowest BCUT2D eigenvalue weighted by molar-refractivity contribution is 0.656. The Hall–Kier alpha value is -0.370. The number of guanidine groups is 1. The van der Waals surface area contributed by atoms with Gasteiger partial charge in [-0.05, 0) is 32.1 Å². The zero-order chi connectivity index (χ0) is 13.4. The molecule has 0 aliphatic carbocycles. The summed E-state index contributed by atoms with van der Waals surface area (Å²) < 4.78 is 0. The summed E-state index contributed by atoms with van der Waals surface area (Å²) in [7, 11) is 0. The van der Waals surface area contributed by atoms with Crippen LogP contribution in [-0.4, -0.2) is 24.0 Å². The quantitative estimate of drug-likeness (QED) is 0.322. The molecule has 0 amide bonds. The number of nitrogens with one attached hydrogen (secondary N) is 1. The van der Waals surface area contributed by atoms with Crippen LogP contribution in [0.4, 0.5) is 0 Å². The second-order valence-corrected chi connectivity index (χ2v) is 5.83. The topological polar surface area (TPSA) is 63.3 Å². The van der Waals surface area contributed by atoms with Crippen molar-refractivity contribution in [3.63, 3.8) is 0 Å². The Bertz CT molecular complexity index is 376. The standard InChI is InChI=1S/C13H24N4S.HI/c1-10(2)8-16-13(14)15-7-5-4-6-12-17-11(3)9-18-12;/h9-10H,4-8H2,1-3H3,(H3,14,15,16);1H. The van der Waals surface area contributed by atoms with Crippen LogP contribution < -0.4 is 11.1 Å². The van der Waals surface area contributed by atoms with Crippen LogP contribution >= 0.6 is 35.3 Å². The average Bonchev–Trinajstić information content (AvgIpc) is 2.72. The molecule has 1 aromatic rings. The fraction of sp³-hybridized carbons (Fsp3) is 0.692. The molecule has 4 nitrogen and oxygen atoms in total. The second kappa shape index (κ2) is 10.4. The summed E-state index contributed by atoms with van der Waals surface area (Å²) in [5, 5.41) is 6.47. The molecule has 0 aliphatic rings. The van der Waals surface area contributed by atoms with Gasteiger partial charge < -0.3 is 11.1 Å². The monoisotopic (exact) mass is 396 g/mol. The van der Waals surface area contributed by atoms with Crippen LogP contribution in [0.1, 0.15) is 37.4 Å². The number of hydrogen-bond acceptors (Lipinski definition) is 3. The third kappa shape index (κ3) is 9.21. The summed E-state index contributed by atoms with van der Waals surface area (Å²) >= 11 is 1.75. The molecule has 0 saturated carbocycles. The van der Waals surface area contributed by atoms with Gasteiger partial charge in [0.05, 0.1) is 5.01 Å². The minimum Gasteiger partial charge on any atom is -0.370 e. The summed E-state index contributed by atoms with van der Waals surface area (Å²) in [6.07, 6.45) is 3.29. The Morgan fingerprint density at radius 2 is 2.21 bits per heavy atom. The van der Waals surface area contributed by atoms with Crippen molar-refractivity contribution >= 4 is 41.3 Å². The smallest absolute Gasteiger partial charge is 0.188 e. The van der Waals surface area contributed by atoms with Crippen molar-refractivity contribution in [2.45, 2.75) is 40.0 Å². The van der Waals surface area contributed by atoms with Crippen LogP contribution in [0, 0.1) is 12.8 Å². The normalized spacial score (nSPS) is 11.5. The van der Waals surface area contributed by atoms with Crippen molar-refractivity contribution < 1.29 is 0 Å². The SMILES string of the molecule is Cc1csc(CCCCNC(N)=NCC(C)C)n1.I. The number of halogens is 1. The highest BCUT2D eigenvalue weighted by Gasteiger charge is 1.99. The number of unbranched alkanes of at least 4 members (excludes halogenated alkanes) is 1. The first kappa shape index (κ1) is 18.6. The molecule has 0 aromatic carbocycles. The molecular formula is C13H25IN4S. The van der Waals surface area contributed by atoms with Gasteiger partial charge in [-0.15, -0.1) is 35.3 Å². The Labute approximate surface area is 137 Å². The van der Waals surface area contributed by atoms with Gasteiger partial charge in [0.2, 0.25) is 0 Å². The van der Waals surface area contributed by atoms with E-state index in [0.29, 0.717) is 11.9 Å². The van der Waals surface area contributed by atoms with Gasteiger partial charge in [-0.25, -0.2) is 4.98 Å². The first-order chi connectivity index (χ1) is 8.58. The third-order valence-corrected chi connectivity index (χ3v) is 3.44. The van der Waals surface area contributed by atoms with Gasteiger partial charge in [0.15, 0.2) is 5.96 Å². The van der Waals surface area contributed by atoms with Crippen molar-refractivity contribution in [1.29, 1.82) is 0 Å². The average molecular weight is 396 g/mol. The zero-order valence-corrected chi connectivity index (χ0v) is 15.1. The number of aliphatic imine (C=N–C) groups is 1. The number of rotatable bonds is 7. The lowest BCUT2D eigenvalue weighted by atomic mass is 10.2. The van der Waals surface area contributed by atoms with Crippen LogP contribution in [0.5, 0.6) is 0 Å². The first-order valence-electron chi connectivity index (χ1n) is 6.52. The summed E-state index contributed by atoms with van der Waals surface area (Å²) in [6.45, 7) is 7.97. The molecule has 0 bridgehead atoms. The Kier molecular flexibility index (Phi) is 10.2. The minimum absolute atomic E-state index is 0. The van der Waals surface area contributed by atoms with E-state index in [-0.39, 0.29) is 24.0 Å². The van der Waals surface area contributed by atoms with E-state index >= 15 is 0 Å². The molecule has 0 radical (unpaired) electrons. The van der Waals surface area contributed by atoms with Crippen molar-refractivity contribution in [2.24, 2.45) is 16.6 Å². The molecule has 1 aromatic heterocycles. The van der Waals surface area contributed by atoms with E-state index in [9.17, 15) is 0 Å². The highest BCUT2D eigenvalue weighted by molar-refractivity contribution is 14.0. The number of aryl methyl sites for hydroxylation is 2. The first-order valence-corrected chi connectivity index (χ1v) is 7.40. The number of nitrogens with zero attached hydrogens (tertiary/aromatic N) is 2. The number of nitrogens with two attached hydrogens (primary N) is 1. The summed E-state index contributed by atoms with van der Waals surface area (Å²) in [4.78, 5) is 8.70. The molecule has 110 valence electrons. The third-order valence-electron chi connectivity index (χ3n) is 2.42. The van der Waals surface area contributed by atoms with Crippen molar-refractivity contribution in [1.82, 2.24) is 10.3 Å². The predicted octanol–water partition coefficient (Wildman–Crippen LogP) is 2.95. The molecule has 0 spiro atoms. The molecule has 19 heavy (non-hydrogen) atoms. The van der Waals surface area contributed by atoms with Gasteiger partial charge in [0, 0.05) is 24.2 Å². The number of hydrogen-bond donors (Lipinski definition) is 2. The molecule has 0 fully saturated rings. The highest BCUT2D eigenvalue weighted by Crippen LogP contribution is 2.11. The Morgan fingerprint density at radius 1 is 1.47 bits per heavy atom. The van der Waals surface area contributed by atoms with Crippen LogP contribution in [-0.2, 0) is 6.42 Å². The molecule has 0 atom stereocenters. The van der Waals surface area contributed by atoms with Crippen LogP contribution in [0.15, 0.2) is 10.4 Å². The Morgan fingerprint density at radius 3 is 2.79 bits per heavy atom. The molecule has 0 unspecified atom stereocenters. The van der Waals surface area contributed by atoms with E-state index in [1.165, 1.54) is 5.01 Å². The van der Waals surface area contributed by atoms with E-state index in [1.807, 2.05) is 6.92 Å². The summed E-state index contributed by atoms with van der Waals surface area (Å²) in [5.74, 6) is 1.12. The van der Waals surface area contributed by atoms with Gasteiger partial charge in [-0.2, -0.15) is 0 Å². The van der Waals surface area contributed by atoms with Crippen molar-refractivity contribution in [2.75, 3.05) is 13.1 Å². The molecule has 0 saturated heterocycles. The van der Waals surface area contributed by atoms with Crippen LogP contribution in [0.3, 0.4) is 0 Å². The van der Waals surface area contributed by atoms with Crippen LogP contribution in [0.25, 0.3) is 0 Å². The Balaban J connectivity index is 0.00000324. The fourth-order valence-electron chi connectivity index (χ4n) is 1.47. The maximum atomic E-state index is 5.75. The second-order valence-electron chi connectivity index (χ2n) is 4.89. The maximum absolute atomic E-state index is 5.75. The highest BCUT2D eigenvalue weighted by atomic mass is 127. The lowest BCUT2D eigenvalue weighted by Crippen LogP contribution is -2.32. The lowest BCUT2D eigenvalue weighted by Gasteiger charge is -2.06. The van der Waals surface area contributed by atoms with E-state index in [1.54, 1.807) is 11.3 Å². The number of aromatic nitrogens is 1. The van der Waals surface area contributed by atoms with E-state index in [2.05, 4.69) is 34.5 Å². The summed E-state index contributed by atoms with van der Waals surface area (Å²) in [5.41, 5.74) is 6.87. The van der Waals surface area contributed by atoms with E-state index in [4.69, 9.17) is 5.73 Å². The largest absolute Gasteiger partial charge is 0.370 e. The molecule has 3 N–H and O–H groups in total. The van der Waals surface area contributed by atoms with E-state index < -0.39 is 0 Å². The molecular weight excluding hydrogens is 371 g/mol. The summed E-state index contributed by atoms with van der Waals surface area (Å²) in [6, 6.07) is 0. The fourth-order valence-corrected chi connectivity index (χ4v) is 2.29. The van der Waals surface area contributed by atoms with Gasteiger partial charge in [0.25, 0.3) is 0 Å². The van der Waals surface area contributed by atoms with Crippen LogP contribution in [0.2, 0.25) is 0 Å². The zero-order valence-electron chi connectivity index (χ0n) is 12.0. The maximum Gasteiger partial charge on any atom is 0.188 e. The van der Waals surface area contributed by atoms with Gasteiger partial charge >= 0.3 is 0 Å². The molecule has 1 rings (SSSR count). The molecule has 1 heterocycles. The van der Waals surface area contributed by atoms with Crippen molar-refractivity contribution in [3.8, 4) is 0 Å². The predicted molar refractivity (Wildman–Crippen MR) is 94.5 cm³/mol.